The van der Waals surface area contributed by atoms with Gasteiger partial charge >= 0.3 is 11.6 Å². The van der Waals surface area contributed by atoms with E-state index < -0.39 is 23.4 Å². The van der Waals surface area contributed by atoms with E-state index in [1.807, 2.05) is 0 Å². The number of imide groups is 1. The smallest absolute Gasteiger partial charge is 0.347 e. The number of carboxylic acid groups (broad SMARTS) is 1. The SMILES string of the molecule is Cc1ccc(C(=O)O)cc1N1C(=O)c2ccc(-c3nc4ccccc4c(=O)o3)cc2C1=O. The maximum atomic E-state index is 13.1. The highest BCUT2D eigenvalue weighted by molar-refractivity contribution is 6.35. The molecule has 2 heterocycles. The lowest BCUT2D eigenvalue weighted by Gasteiger charge is -2.17. The first-order chi connectivity index (χ1) is 15.3. The van der Waals surface area contributed by atoms with Gasteiger partial charge in [-0.2, -0.15) is 0 Å². The van der Waals surface area contributed by atoms with E-state index in [-0.39, 0.29) is 28.3 Å². The molecule has 5 rings (SSSR count). The van der Waals surface area contributed by atoms with Gasteiger partial charge in [0.25, 0.3) is 11.8 Å². The van der Waals surface area contributed by atoms with Gasteiger partial charge in [-0.3, -0.25) is 9.59 Å². The zero-order chi connectivity index (χ0) is 22.6. The Morgan fingerprint density at radius 2 is 1.69 bits per heavy atom. The Morgan fingerprint density at radius 3 is 2.47 bits per heavy atom. The van der Waals surface area contributed by atoms with Crippen LogP contribution in [0.15, 0.2) is 69.9 Å². The number of benzene rings is 3. The van der Waals surface area contributed by atoms with Gasteiger partial charge in [0, 0.05) is 5.56 Å². The molecule has 0 radical (unpaired) electrons. The van der Waals surface area contributed by atoms with Crippen molar-refractivity contribution in [3.63, 3.8) is 0 Å². The number of nitrogens with zero attached hydrogens (tertiary/aromatic N) is 2. The number of carbonyl (C=O) groups excluding carboxylic acids is 2. The lowest BCUT2D eigenvalue weighted by atomic mass is 10.1. The third-order valence-corrected chi connectivity index (χ3v) is 5.37. The molecular formula is C24H14N2O6. The number of aryl methyl sites for hydroxylation is 1. The van der Waals surface area contributed by atoms with E-state index in [1.54, 1.807) is 43.3 Å². The molecule has 0 spiro atoms. The Kier molecular flexibility index (Phi) is 4.23. The van der Waals surface area contributed by atoms with Crippen LogP contribution >= 0.6 is 0 Å². The molecule has 0 fully saturated rings. The van der Waals surface area contributed by atoms with Crippen molar-refractivity contribution in [3.8, 4) is 11.5 Å². The number of hydrogen-bond donors (Lipinski definition) is 1. The van der Waals surface area contributed by atoms with Crippen LogP contribution in [0.3, 0.4) is 0 Å². The molecule has 32 heavy (non-hydrogen) atoms. The maximum Gasteiger partial charge on any atom is 0.347 e. The Morgan fingerprint density at radius 1 is 0.938 bits per heavy atom. The van der Waals surface area contributed by atoms with Gasteiger partial charge in [0.1, 0.15) is 0 Å². The molecule has 156 valence electrons. The summed E-state index contributed by atoms with van der Waals surface area (Å²) in [4.78, 5) is 55.1. The van der Waals surface area contributed by atoms with Crippen LogP contribution in [-0.2, 0) is 0 Å². The van der Waals surface area contributed by atoms with Gasteiger partial charge in [-0.15, -0.1) is 0 Å². The molecule has 1 N–H and O–H groups in total. The molecule has 0 atom stereocenters. The summed E-state index contributed by atoms with van der Waals surface area (Å²) in [6.07, 6.45) is 0. The zero-order valence-corrected chi connectivity index (χ0v) is 16.7. The van der Waals surface area contributed by atoms with Crippen LogP contribution in [0.4, 0.5) is 5.69 Å². The first-order valence-electron chi connectivity index (χ1n) is 9.62. The predicted molar refractivity (Wildman–Crippen MR) is 115 cm³/mol. The van der Waals surface area contributed by atoms with Crippen molar-refractivity contribution in [2.24, 2.45) is 0 Å². The van der Waals surface area contributed by atoms with Gasteiger partial charge in [-0.25, -0.2) is 19.5 Å². The minimum atomic E-state index is -1.16. The second-order valence-electron chi connectivity index (χ2n) is 7.34. The molecule has 1 aliphatic rings. The molecule has 8 nitrogen and oxygen atoms in total. The fourth-order valence-corrected chi connectivity index (χ4v) is 3.72. The van der Waals surface area contributed by atoms with E-state index in [4.69, 9.17) is 4.42 Å². The summed E-state index contributed by atoms with van der Waals surface area (Å²) < 4.78 is 5.33. The summed E-state index contributed by atoms with van der Waals surface area (Å²) >= 11 is 0. The molecule has 0 aliphatic carbocycles. The lowest BCUT2D eigenvalue weighted by molar-refractivity contribution is 0.0695. The van der Waals surface area contributed by atoms with Crippen LogP contribution in [0.1, 0.15) is 36.6 Å². The normalized spacial score (nSPS) is 13.0. The summed E-state index contributed by atoms with van der Waals surface area (Å²) in [7, 11) is 0. The van der Waals surface area contributed by atoms with Crippen LogP contribution in [-0.4, -0.2) is 27.9 Å². The Labute approximate surface area is 180 Å². The average molecular weight is 426 g/mol. The fraction of sp³-hybridized carbons (Fsp3) is 0.0417. The maximum absolute atomic E-state index is 13.1. The Hall–Kier alpha value is -4.59. The standard InChI is InChI=1S/C24H14N2O6/c1-12-6-7-14(23(29)30)11-19(12)26-21(27)15-9-8-13(10-17(15)22(26)28)20-25-18-5-3-2-4-16(18)24(31)32-20/h2-11H,1H3,(H,29,30). The minimum absolute atomic E-state index is 0.0271. The second kappa shape index (κ2) is 6.98. The van der Waals surface area contributed by atoms with Crippen LogP contribution < -0.4 is 10.5 Å². The van der Waals surface area contributed by atoms with Crippen LogP contribution in [0.2, 0.25) is 0 Å². The van der Waals surface area contributed by atoms with Crippen molar-refractivity contribution in [2.45, 2.75) is 6.92 Å². The molecule has 4 aromatic rings. The summed E-state index contributed by atoms with van der Waals surface area (Å²) in [6, 6.07) is 15.5. The number of anilines is 1. The Balaban J connectivity index is 1.61. The van der Waals surface area contributed by atoms with Gasteiger partial charge in [0.05, 0.1) is 33.3 Å². The summed E-state index contributed by atoms with van der Waals surface area (Å²) in [5.74, 6) is -2.29. The van der Waals surface area contributed by atoms with Crippen molar-refractivity contribution in [1.29, 1.82) is 0 Å². The van der Waals surface area contributed by atoms with E-state index in [1.165, 1.54) is 24.3 Å². The molecule has 8 heteroatoms. The Bertz CT molecular complexity index is 1540. The number of aromatic carboxylic acids is 1. The molecule has 2 amide bonds. The number of fused-ring (bicyclic) bond motifs is 2. The van der Waals surface area contributed by atoms with Gasteiger partial charge in [0.2, 0.25) is 5.89 Å². The number of carboxylic acids is 1. The molecule has 0 saturated heterocycles. The van der Waals surface area contributed by atoms with Crippen molar-refractivity contribution in [3.05, 3.63) is 93.3 Å². The first-order valence-corrected chi connectivity index (χ1v) is 9.62. The second-order valence-corrected chi connectivity index (χ2v) is 7.34. The number of carbonyl (C=O) groups is 3. The first kappa shape index (κ1) is 19.4. The number of hydrogen-bond acceptors (Lipinski definition) is 6. The fourth-order valence-electron chi connectivity index (χ4n) is 3.72. The number of aromatic nitrogens is 1. The van der Waals surface area contributed by atoms with E-state index in [2.05, 4.69) is 4.98 Å². The highest BCUT2D eigenvalue weighted by Crippen LogP contribution is 2.33. The highest BCUT2D eigenvalue weighted by atomic mass is 16.4. The van der Waals surface area contributed by atoms with E-state index in [9.17, 15) is 24.3 Å². The van der Waals surface area contributed by atoms with Crippen LogP contribution in [0.25, 0.3) is 22.4 Å². The van der Waals surface area contributed by atoms with Crippen molar-refractivity contribution >= 4 is 34.4 Å². The van der Waals surface area contributed by atoms with E-state index in [0.29, 0.717) is 22.0 Å². The number of rotatable bonds is 3. The molecule has 0 saturated carbocycles. The van der Waals surface area contributed by atoms with Gasteiger partial charge in [0.15, 0.2) is 0 Å². The van der Waals surface area contributed by atoms with Crippen LogP contribution in [0, 0.1) is 6.92 Å². The highest BCUT2D eigenvalue weighted by Gasteiger charge is 2.38. The molecule has 1 aliphatic heterocycles. The van der Waals surface area contributed by atoms with E-state index in [0.717, 1.165) is 4.90 Å². The summed E-state index contributed by atoms with van der Waals surface area (Å²) in [5, 5.41) is 9.61. The topological polar surface area (TPSA) is 118 Å². The summed E-state index contributed by atoms with van der Waals surface area (Å²) in [6.45, 7) is 1.68. The van der Waals surface area contributed by atoms with Gasteiger partial charge in [-0.1, -0.05) is 18.2 Å². The third-order valence-electron chi connectivity index (χ3n) is 5.37. The van der Waals surface area contributed by atoms with Crippen molar-refractivity contribution in [2.75, 3.05) is 4.90 Å². The zero-order valence-electron chi connectivity index (χ0n) is 16.7. The number of amides is 2. The largest absolute Gasteiger partial charge is 0.478 e. The monoisotopic (exact) mass is 426 g/mol. The van der Waals surface area contributed by atoms with E-state index >= 15 is 0 Å². The summed E-state index contributed by atoms with van der Waals surface area (Å²) in [5.41, 5.74) is 1.28. The van der Waals surface area contributed by atoms with Gasteiger partial charge in [-0.05, 0) is 55.0 Å². The molecule has 0 unspecified atom stereocenters. The predicted octanol–water partition coefficient (Wildman–Crippen LogP) is 3.66. The lowest BCUT2D eigenvalue weighted by Crippen LogP contribution is -2.30. The molecule has 1 aromatic heterocycles. The van der Waals surface area contributed by atoms with Crippen LogP contribution in [0.5, 0.6) is 0 Å². The molecule has 0 bridgehead atoms. The van der Waals surface area contributed by atoms with Crippen molar-refractivity contribution in [1.82, 2.24) is 4.98 Å². The third kappa shape index (κ3) is 2.89. The molecule has 3 aromatic carbocycles. The average Bonchev–Trinajstić information content (AvgIpc) is 3.03. The van der Waals surface area contributed by atoms with Gasteiger partial charge < -0.3 is 9.52 Å². The molecular weight excluding hydrogens is 412 g/mol. The van der Waals surface area contributed by atoms with Crippen molar-refractivity contribution < 1.29 is 23.9 Å². The quantitative estimate of drug-likeness (QED) is 0.497. The number of para-hydroxylation sites is 1. The minimum Gasteiger partial charge on any atom is -0.478 e.